The highest BCUT2D eigenvalue weighted by Crippen LogP contribution is 2.39. The highest BCUT2D eigenvalue weighted by molar-refractivity contribution is 7.12. The number of aromatic nitrogens is 2. The molecular weight excluding hydrogens is 412 g/mol. The first-order valence-electron chi connectivity index (χ1n) is 11.1. The smallest absolute Gasteiger partial charge is 0.252 e. The molecule has 0 aliphatic heterocycles. The van der Waals surface area contributed by atoms with Gasteiger partial charge in [0.25, 0.3) is 5.91 Å². The van der Waals surface area contributed by atoms with Gasteiger partial charge in [-0.2, -0.15) is 0 Å². The number of carbonyl (C=O) groups is 3. The molecule has 0 bridgehead atoms. The van der Waals surface area contributed by atoms with Crippen molar-refractivity contribution in [1.82, 2.24) is 15.3 Å². The molecule has 1 unspecified atom stereocenters. The molecule has 0 spiro atoms. The molecule has 2 amide bonds. The summed E-state index contributed by atoms with van der Waals surface area (Å²) < 4.78 is 0. The van der Waals surface area contributed by atoms with Crippen molar-refractivity contribution in [3.05, 3.63) is 39.5 Å². The van der Waals surface area contributed by atoms with Crippen molar-refractivity contribution in [2.75, 3.05) is 11.9 Å². The monoisotopic (exact) mass is 438 g/mol. The fourth-order valence-corrected chi connectivity index (χ4v) is 5.56. The molecule has 8 heteroatoms. The third-order valence-corrected chi connectivity index (χ3v) is 7.65. The Hall–Kier alpha value is -2.61. The minimum Gasteiger partial charge on any atom is -0.352 e. The van der Waals surface area contributed by atoms with Crippen LogP contribution in [0.4, 0.5) is 5.82 Å². The number of carbonyl (C=O) groups excluding carboxylic acids is 3. The number of aryl methyl sites for hydroxylation is 1. The van der Waals surface area contributed by atoms with Crippen molar-refractivity contribution in [3.63, 3.8) is 0 Å². The van der Waals surface area contributed by atoms with Crippen molar-refractivity contribution >= 4 is 34.8 Å². The number of fused-ring (bicyclic) bond motifs is 1. The van der Waals surface area contributed by atoms with E-state index in [0.29, 0.717) is 36.7 Å². The van der Waals surface area contributed by atoms with Gasteiger partial charge in [0.2, 0.25) is 5.91 Å². The number of rotatable bonds is 8. The molecule has 2 aromatic heterocycles. The highest BCUT2D eigenvalue weighted by atomic mass is 32.1. The molecule has 3 aliphatic carbocycles. The number of anilines is 1. The Labute approximate surface area is 185 Å². The third kappa shape index (κ3) is 4.69. The van der Waals surface area contributed by atoms with Crippen molar-refractivity contribution in [2.24, 2.45) is 17.8 Å². The molecule has 0 radical (unpaired) electrons. The lowest BCUT2D eigenvalue weighted by atomic mass is 9.85. The molecule has 3 aliphatic rings. The van der Waals surface area contributed by atoms with Crippen LogP contribution in [0.2, 0.25) is 0 Å². The zero-order valence-electron chi connectivity index (χ0n) is 17.4. The second-order valence-electron chi connectivity index (χ2n) is 8.89. The van der Waals surface area contributed by atoms with E-state index in [9.17, 15) is 14.4 Å². The molecule has 2 heterocycles. The second-order valence-corrected chi connectivity index (χ2v) is 10.1. The van der Waals surface area contributed by atoms with Crippen LogP contribution in [0.15, 0.2) is 18.6 Å². The Balaban J connectivity index is 1.36. The first-order valence-corrected chi connectivity index (χ1v) is 11.9. The van der Waals surface area contributed by atoms with Gasteiger partial charge < -0.3 is 10.6 Å². The Kier molecular flexibility index (Phi) is 5.56. The Morgan fingerprint density at radius 1 is 1.06 bits per heavy atom. The number of nitrogens with one attached hydrogen (secondary N) is 2. The van der Waals surface area contributed by atoms with Crippen molar-refractivity contribution in [2.45, 2.75) is 51.4 Å². The molecule has 31 heavy (non-hydrogen) atoms. The zero-order chi connectivity index (χ0) is 21.4. The summed E-state index contributed by atoms with van der Waals surface area (Å²) in [5, 5.41) is 5.92. The van der Waals surface area contributed by atoms with E-state index in [-0.39, 0.29) is 29.4 Å². The lowest BCUT2D eigenvalue weighted by Crippen LogP contribution is -2.31. The number of amides is 2. The van der Waals surface area contributed by atoms with Crippen LogP contribution < -0.4 is 10.6 Å². The van der Waals surface area contributed by atoms with Gasteiger partial charge in [-0.15, -0.1) is 11.3 Å². The fourth-order valence-electron chi connectivity index (χ4n) is 4.20. The van der Waals surface area contributed by atoms with E-state index in [1.165, 1.54) is 19.0 Å². The molecular formula is C23H26N4O3S. The van der Waals surface area contributed by atoms with E-state index < -0.39 is 0 Å². The highest BCUT2D eigenvalue weighted by Gasteiger charge is 2.35. The summed E-state index contributed by atoms with van der Waals surface area (Å²) in [5.74, 6) is 1.02. The largest absolute Gasteiger partial charge is 0.352 e. The van der Waals surface area contributed by atoms with E-state index in [1.807, 2.05) is 0 Å². The molecule has 2 fully saturated rings. The standard InChI is InChI=1S/C23H26N4O3S/c28-17(14-3-4-14)10-19-21(23(30)26-11-13-1-2-13)16-9-15(5-6-18(16)31-19)22(29)27-20-12-24-7-8-25-20/h7-8,12-15H,1-6,9-11H2,(H,26,30)(H,25,27,29). The number of ketones is 1. The number of hydrogen-bond acceptors (Lipinski definition) is 6. The average molecular weight is 439 g/mol. The Morgan fingerprint density at radius 3 is 2.61 bits per heavy atom. The molecule has 2 saturated carbocycles. The summed E-state index contributed by atoms with van der Waals surface area (Å²) in [6.45, 7) is 0.691. The van der Waals surface area contributed by atoms with E-state index in [0.717, 1.165) is 41.0 Å². The van der Waals surface area contributed by atoms with Crippen molar-refractivity contribution in [1.29, 1.82) is 0 Å². The third-order valence-electron chi connectivity index (χ3n) is 6.36. The normalized spacial score (nSPS) is 20.1. The number of hydrogen-bond donors (Lipinski definition) is 2. The van der Waals surface area contributed by atoms with Gasteiger partial charge in [-0.25, -0.2) is 4.98 Å². The quantitative estimate of drug-likeness (QED) is 0.660. The van der Waals surface area contributed by atoms with Gasteiger partial charge in [0.1, 0.15) is 5.78 Å². The predicted molar refractivity (Wildman–Crippen MR) is 117 cm³/mol. The van der Waals surface area contributed by atoms with Gasteiger partial charge >= 0.3 is 0 Å². The van der Waals surface area contributed by atoms with Gasteiger partial charge in [-0.3, -0.25) is 19.4 Å². The van der Waals surface area contributed by atoms with Gasteiger partial charge in [-0.1, -0.05) is 0 Å². The van der Waals surface area contributed by atoms with Gasteiger partial charge in [0.05, 0.1) is 11.8 Å². The topological polar surface area (TPSA) is 101 Å². The van der Waals surface area contributed by atoms with Crippen LogP contribution in [-0.4, -0.2) is 34.1 Å². The van der Waals surface area contributed by atoms with Crippen LogP contribution in [0.5, 0.6) is 0 Å². The Morgan fingerprint density at radius 2 is 1.90 bits per heavy atom. The molecule has 162 valence electrons. The zero-order valence-corrected chi connectivity index (χ0v) is 18.2. The minimum absolute atomic E-state index is 0.0852. The lowest BCUT2D eigenvalue weighted by molar-refractivity contribution is -0.120. The number of thiophene rings is 1. The molecule has 2 aromatic rings. The van der Waals surface area contributed by atoms with Crippen LogP contribution in [0.3, 0.4) is 0 Å². The SMILES string of the molecule is O=C(NCC1CC1)c1c(CC(=O)C2CC2)sc2c1CC(C(=O)Nc1cnccn1)CC2. The number of Topliss-reactive ketones (excluding diaryl/α,β-unsaturated/α-hetero) is 1. The molecule has 0 saturated heterocycles. The molecule has 0 aromatic carbocycles. The van der Waals surface area contributed by atoms with Crippen molar-refractivity contribution in [3.8, 4) is 0 Å². The maximum absolute atomic E-state index is 13.1. The van der Waals surface area contributed by atoms with Crippen LogP contribution in [0.1, 0.15) is 57.8 Å². The van der Waals surface area contributed by atoms with E-state index in [2.05, 4.69) is 20.6 Å². The predicted octanol–water partition coefficient (Wildman–Crippen LogP) is 2.94. The molecule has 7 nitrogen and oxygen atoms in total. The second kappa shape index (κ2) is 8.49. The number of nitrogens with zero attached hydrogens (tertiary/aromatic N) is 2. The minimum atomic E-state index is -0.230. The first kappa shape index (κ1) is 20.3. The first-order chi connectivity index (χ1) is 15.1. The molecule has 2 N–H and O–H groups in total. The Bertz CT molecular complexity index is 1010. The molecule has 1 atom stereocenters. The lowest BCUT2D eigenvalue weighted by Gasteiger charge is -2.22. The maximum atomic E-state index is 13.1. The van der Waals surface area contributed by atoms with Crippen LogP contribution in [0.25, 0.3) is 0 Å². The summed E-state index contributed by atoms with van der Waals surface area (Å²) in [4.78, 5) is 48.6. The summed E-state index contributed by atoms with van der Waals surface area (Å²) in [6.07, 6.45) is 11.2. The van der Waals surface area contributed by atoms with E-state index in [1.54, 1.807) is 23.7 Å². The van der Waals surface area contributed by atoms with Gasteiger partial charge in [-0.05, 0) is 56.4 Å². The summed E-state index contributed by atoms with van der Waals surface area (Å²) >= 11 is 1.60. The summed E-state index contributed by atoms with van der Waals surface area (Å²) in [5.41, 5.74) is 1.62. The molecule has 5 rings (SSSR count). The van der Waals surface area contributed by atoms with Gasteiger partial charge in [0, 0.05) is 46.9 Å². The summed E-state index contributed by atoms with van der Waals surface area (Å²) in [6, 6.07) is 0. The van der Waals surface area contributed by atoms with E-state index in [4.69, 9.17) is 0 Å². The fraction of sp³-hybridized carbons (Fsp3) is 0.522. The van der Waals surface area contributed by atoms with Crippen LogP contribution >= 0.6 is 11.3 Å². The van der Waals surface area contributed by atoms with Crippen LogP contribution in [-0.2, 0) is 28.9 Å². The average Bonchev–Trinajstić information content (AvgIpc) is 3.68. The van der Waals surface area contributed by atoms with Crippen LogP contribution in [0, 0.1) is 17.8 Å². The van der Waals surface area contributed by atoms with E-state index >= 15 is 0 Å². The maximum Gasteiger partial charge on any atom is 0.252 e. The van der Waals surface area contributed by atoms with Crippen molar-refractivity contribution < 1.29 is 14.4 Å². The summed E-state index contributed by atoms with van der Waals surface area (Å²) in [7, 11) is 0. The van der Waals surface area contributed by atoms with Gasteiger partial charge in [0.15, 0.2) is 5.82 Å².